The fourth-order valence-electron chi connectivity index (χ4n) is 1.19. The molecule has 0 N–H and O–H groups in total. The van der Waals surface area contributed by atoms with Gasteiger partial charge >= 0.3 is 0 Å². The van der Waals surface area contributed by atoms with E-state index >= 15 is 0 Å². The summed E-state index contributed by atoms with van der Waals surface area (Å²) >= 11 is 11.9. The van der Waals surface area contributed by atoms with Gasteiger partial charge in [-0.05, 0) is 34.1 Å². The van der Waals surface area contributed by atoms with Crippen LogP contribution in [0.5, 0.6) is 11.6 Å². The highest BCUT2D eigenvalue weighted by Crippen LogP contribution is 2.33. The number of nitrogens with zero attached hydrogens (tertiary/aromatic N) is 1. The first-order chi connectivity index (χ1) is 8.47. The van der Waals surface area contributed by atoms with E-state index in [0.717, 1.165) is 6.07 Å². The van der Waals surface area contributed by atoms with Gasteiger partial charge in [0, 0.05) is 10.7 Å². The van der Waals surface area contributed by atoms with Crippen LogP contribution in [0.3, 0.4) is 0 Å². The molecule has 0 amide bonds. The number of pyridine rings is 1. The SMILES string of the molecule is Fc1cc(Br)cc(Oc2ncc(Cl)cc2Br)c1F. The van der Waals surface area contributed by atoms with Gasteiger partial charge in [-0.15, -0.1) is 0 Å². The van der Waals surface area contributed by atoms with Crippen LogP contribution >= 0.6 is 43.5 Å². The molecular formula is C11H4Br2ClF2NO. The lowest BCUT2D eigenvalue weighted by Crippen LogP contribution is -1.94. The van der Waals surface area contributed by atoms with Gasteiger partial charge in [-0.2, -0.15) is 4.39 Å². The molecule has 0 aliphatic heterocycles. The van der Waals surface area contributed by atoms with Gasteiger partial charge in [-0.25, -0.2) is 9.37 Å². The van der Waals surface area contributed by atoms with Gasteiger partial charge in [0.25, 0.3) is 0 Å². The number of benzene rings is 1. The van der Waals surface area contributed by atoms with E-state index in [9.17, 15) is 8.78 Å². The van der Waals surface area contributed by atoms with E-state index in [1.54, 1.807) is 0 Å². The predicted molar refractivity (Wildman–Crippen MR) is 71.1 cm³/mol. The highest BCUT2D eigenvalue weighted by Gasteiger charge is 2.14. The lowest BCUT2D eigenvalue weighted by atomic mass is 10.3. The molecule has 0 atom stereocenters. The van der Waals surface area contributed by atoms with Gasteiger partial charge in [-0.1, -0.05) is 27.5 Å². The Labute approximate surface area is 123 Å². The van der Waals surface area contributed by atoms with E-state index in [4.69, 9.17) is 16.3 Å². The number of hydrogen-bond acceptors (Lipinski definition) is 2. The number of halogens is 5. The minimum absolute atomic E-state index is 0.0933. The summed E-state index contributed by atoms with van der Waals surface area (Å²) in [6.45, 7) is 0. The van der Waals surface area contributed by atoms with Crippen LogP contribution in [0.15, 0.2) is 33.3 Å². The van der Waals surface area contributed by atoms with E-state index in [1.165, 1.54) is 18.3 Å². The molecular weight excluding hydrogens is 395 g/mol. The molecule has 0 aliphatic rings. The summed E-state index contributed by atoms with van der Waals surface area (Å²) in [5, 5.41) is 0.398. The quantitative estimate of drug-likeness (QED) is 0.637. The van der Waals surface area contributed by atoms with E-state index in [2.05, 4.69) is 36.8 Å². The topological polar surface area (TPSA) is 22.1 Å². The molecule has 7 heteroatoms. The fraction of sp³-hybridized carbons (Fsp3) is 0. The molecule has 0 unspecified atom stereocenters. The molecule has 1 aromatic carbocycles. The summed E-state index contributed by atoms with van der Waals surface area (Å²) in [7, 11) is 0. The Morgan fingerprint density at radius 1 is 1.17 bits per heavy atom. The van der Waals surface area contributed by atoms with Crippen LogP contribution in [-0.2, 0) is 0 Å². The molecule has 94 valence electrons. The average molecular weight is 399 g/mol. The zero-order valence-electron chi connectivity index (χ0n) is 8.55. The number of aromatic nitrogens is 1. The van der Waals surface area contributed by atoms with Crippen molar-refractivity contribution in [2.75, 3.05) is 0 Å². The highest BCUT2D eigenvalue weighted by atomic mass is 79.9. The normalized spacial score (nSPS) is 10.5. The molecule has 2 aromatic rings. The summed E-state index contributed by atoms with van der Waals surface area (Å²) in [4.78, 5) is 3.87. The van der Waals surface area contributed by atoms with Gasteiger partial charge in [0.1, 0.15) is 0 Å². The first kappa shape index (κ1) is 13.7. The first-order valence-electron chi connectivity index (χ1n) is 4.61. The molecule has 18 heavy (non-hydrogen) atoms. The van der Waals surface area contributed by atoms with E-state index in [0.29, 0.717) is 14.0 Å². The monoisotopic (exact) mass is 397 g/mol. The van der Waals surface area contributed by atoms with Crippen LogP contribution in [-0.4, -0.2) is 4.98 Å². The standard InChI is InChI=1S/C11H4Br2ClF2NO/c12-5-1-8(15)10(16)9(2-5)18-11-7(13)3-6(14)4-17-11/h1-4H. The Bertz CT molecular complexity index is 610. The predicted octanol–water partition coefficient (Wildman–Crippen LogP) is 5.33. The molecule has 2 rings (SSSR count). The molecule has 1 aromatic heterocycles. The lowest BCUT2D eigenvalue weighted by molar-refractivity contribution is 0.403. The second kappa shape index (κ2) is 5.50. The molecule has 0 aliphatic carbocycles. The number of ether oxygens (including phenoxy) is 1. The van der Waals surface area contributed by atoms with E-state index in [1.807, 2.05) is 0 Å². The summed E-state index contributed by atoms with van der Waals surface area (Å²) in [6.07, 6.45) is 1.34. The Balaban J connectivity index is 2.40. The Kier molecular flexibility index (Phi) is 4.19. The number of rotatable bonds is 2. The zero-order chi connectivity index (χ0) is 13.3. The van der Waals surface area contributed by atoms with Crippen molar-refractivity contribution in [2.45, 2.75) is 0 Å². The zero-order valence-corrected chi connectivity index (χ0v) is 12.5. The van der Waals surface area contributed by atoms with Gasteiger partial charge in [0.15, 0.2) is 11.6 Å². The third kappa shape index (κ3) is 2.99. The Morgan fingerprint density at radius 2 is 1.89 bits per heavy atom. The third-order valence-corrected chi connectivity index (χ3v) is 3.17. The molecule has 1 heterocycles. The van der Waals surface area contributed by atoms with Crippen LogP contribution in [0.2, 0.25) is 5.02 Å². The second-order valence-electron chi connectivity index (χ2n) is 3.24. The maximum atomic E-state index is 13.5. The maximum absolute atomic E-state index is 13.5. The lowest BCUT2D eigenvalue weighted by Gasteiger charge is -2.08. The number of hydrogen-bond donors (Lipinski definition) is 0. The summed E-state index contributed by atoms with van der Waals surface area (Å²) in [5.41, 5.74) is 0. The smallest absolute Gasteiger partial charge is 0.233 e. The van der Waals surface area contributed by atoms with Crippen LogP contribution < -0.4 is 4.74 Å². The van der Waals surface area contributed by atoms with Crippen molar-refractivity contribution in [1.82, 2.24) is 4.98 Å². The van der Waals surface area contributed by atoms with Crippen molar-refractivity contribution in [3.8, 4) is 11.6 Å². The molecule has 0 spiro atoms. The third-order valence-electron chi connectivity index (χ3n) is 1.94. The second-order valence-corrected chi connectivity index (χ2v) is 5.45. The van der Waals surface area contributed by atoms with Gasteiger partial charge in [-0.3, -0.25) is 0 Å². The molecule has 0 saturated carbocycles. The molecule has 0 saturated heterocycles. The minimum Gasteiger partial charge on any atom is -0.435 e. The van der Waals surface area contributed by atoms with Crippen molar-refractivity contribution >= 4 is 43.5 Å². The Hall–Kier alpha value is -0.720. The highest BCUT2D eigenvalue weighted by molar-refractivity contribution is 9.10. The first-order valence-corrected chi connectivity index (χ1v) is 6.57. The van der Waals surface area contributed by atoms with Crippen molar-refractivity contribution < 1.29 is 13.5 Å². The summed E-state index contributed by atoms with van der Waals surface area (Å²) < 4.78 is 32.7. The molecule has 0 bridgehead atoms. The summed E-state index contributed by atoms with van der Waals surface area (Å²) in [5.74, 6) is -2.26. The van der Waals surface area contributed by atoms with Gasteiger partial charge < -0.3 is 4.74 Å². The van der Waals surface area contributed by atoms with Crippen molar-refractivity contribution in [2.24, 2.45) is 0 Å². The van der Waals surface area contributed by atoms with Crippen molar-refractivity contribution in [1.29, 1.82) is 0 Å². The van der Waals surface area contributed by atoms with Crippen LogP contribution in [0, 0.1) is 11.6 Å². The Morgan fingerprint density at radius 3 is 2.56 bits per heavy atom. The molecule has 0 fully saturated rings. The maximum Gasteiger partial charge on any atom is 0.233 e. The average Bonchev–Trinajstić information content (AvgIpc) is 2.29. The fourth-order valence-corrected chi connectivity index (χ4v) is 2.32. The van der Waals surface area contributed by atoms with Gasteiger partial charge in [0.2, 0.25) is 11.7 Å². The van der Waals surface area contributed by atoms with E-state index in [-0.39, 0.29) is 11.6 Å². The van der Waals surface area contributed by atoms with Crippen LogP contribution in [0.4, 0.5) is 8.78 Å². The van der Waals surface area contributed by atoms with Crippen molar-refractivity contribution in [3.63, 3.8) is 0 Å². The van der Waals surface area contributed by atoms with Crippen LogP contribution in [0.25, 0.3) is 0 Å². The van der Waals surface area contributed by atoms with Crippen LogP contribution in [0.1, 0.15) is 0 Å². The minimum atomic E-state index is -1.08. The van der Waals surface area contributed by atoms with Gasteiger partial charge in [0.05, 0.1) is 9.50 Å². The summed E-state index contributed by atoms with van der Waals surface area (Å²) in [6, 6.07) is 3.85. The molecule has 0 radical (unpaired) electrons. The molecule has 2 nitrogen and oxygen atoms in total. The van der Waals surface area contributed by atoms with Crippen molar-refractivity contribution in [3.05, 3.63) is 50.0 Å². The van der Waals surface area contributed by atoms with E-state index < -0.39 is 11.6 Å². The largest absolute Gasteiger partial charge is 0.435 e.